The molecule has 0 spiro atoms. The van der Waals surface area contributed by atoms with Gasteiger partial charge in [-0.2, -0.15) is 5.10 Å². The van der Waals surface area contributed by atoms with E-state index in [1.54, 1.807) is 12.1 Å². The first-order chi connectivity index (χ1) is 13.1. The summed E-state index contributed by atoms with van der Waals surface area (Å²) in [7, 11) is 0. The van der Waals surface area contributed by atoms with Crippen molar-refractivity contribution in [3.8, 4) is 0 Å². The zero-order valence-electron chi connectivity index (χ0n) is 14.9. The van der Waals surface area contributed by atoms with E-state index in [9.17, 15) is 9.18 Å². The summed E-state index contributed by atoms with van der Waals surface area (Å²) in [5.74, 6) is 0.734. The van der Waals surface area contributed by atoms with E-state index in [0.29, 0.717) is 29.1 Å². The molecule has 4 heterocycles. The molecule has 0 bridgehead atoms. The number of anilines is 1. The number of benzene rings is 1. The third kappa shape index (κ3) is 2.55. The molecule has 0 unspecified atom stereocenters. The number of aromatic nitrogens is 4. The molecular weight excluding hydrogens is 347 g/mol. The molecule has 0 saturated carbocycles. The highest BCUT2D eigenvalue weighted by molar-refractivity contribution is 5.93. The van der Waals surface area contributed by atoms with Gasteiger partial charge in [0.05, 0.1) is 6.04 Å². The van der Waals surface area contributed by atoms with Crippen LogP contribution in [0.5, 0.6) is 0 Å². The molecule has 8 heteroatoms. The minimum atomic E-state index is -0.346. The SMILES string of the molecule is Cc1cc(C(=O)N2CC[C@@H]3CN(c4ncnc5c(F)cccc45)C[C@@H]32)n[nH]1. The normalized spacial score (nSPS) is 21.9. The van der Waals surface area contributed by atoms with Crippen LogP contribution in [-0.2, 0) is 0 Å². The van der Waals surface area contributed by atoms with Gasteiger partial charge in [0.15, 0.2) is 0 Å². The van der Waals surface area contributed by atoms with Gasteiger partial charge < -0.3 is 9.80 Å². The Hall–Kier alpha value is -3.03. The van der Waals surface area contributed by atoms with E-state index in [2.05, 4.69) is 25.1 Å². The van der Waals surface area contributed by atoms with Crippen molar-refractivity contribution in [3.63, 3.8) is 0 Å². The fourth-order valence-corrected chi connectivity index (χ4v) is 4.35. The molecular formula is C19H19FN6O. The number of para-hydroxylation sites is 1. The molecule has 27 heavy (non-hydrogen) atoms. The number of nitrogens with zero attached hydrogens (tertiary/aromatic N) is 5. The third-order valence-electron chi connectivity index (χ3n) is 5.63. The molecule has 2 fully saturated rings. The molecule has 0 radical (unpaired) electrons. The minimum Gasteiger partial charge on any atom is -0.354 e. The Morgan fingerprint density at radius 2 is 2.19 bits per heavy atom. The Bertz CT molecular complexity index is 1030. The van der Waals surface area contributed by atoms with Crippen LogP contribution in [0.25, 0.3) is 10.9 Å². The van der Waals surface area contributed by atoms with Gasteiger partial charge in [-0.25, -0.2) is 14.4 Å². The maximum Gasteiger partial charge on any atom is 0.274 e. The number of aryl methyl sites for hydroxylation is 1. The zero-order valence-corrected chi connectivity index (χ0v) is 14.9. The quantitative estimate of drug-likeness (QED) is 0.752. The van der Waals surface area contributed by atoms with Crippen molar-refractivity contribution < 1.29 is 9.18 Å². The summed E-state index contributed by atoms with van der Waals surface area (Å²) in [6.45, 7) is 4.11. The van der Waals surface area contributed by atoms with Crippen LogP contribution >= 0.6 is 0 Å². The van der Waals surface area contributed by atoms with E-state index in [-0.39, 0.29) is 17.8 Å². The van der Waals surface area contributed by atoms with Crippen LogP contribution in [0.4, 0.5) is 10.2 Å². The van der Waals surface area contributed by atoms with Gasteiger partial charge in [0.25, 0.3) is 5.91 Å². The number of hydrogen-bond donors (Lipinski definition) is 1. The molecule has 5 rings (SSSR count). The number of amides is 1. The highest BCUT2D eigenvalue weighted by Gasteiger charge is 2.44. The van der Waals surface area contributed by atoms with Gasteiger partial charge in [-0.15, -0.1) is 0 Å². The molecule has 1 N–H and O–H groups in total. The summed E-state index contributed by atoms with van der Waals surface area (Å²) in [6, 6.07) is 6.83. The van der Waals surface area contributed by atoms with Gasteiger partial charge in [-0.1, -0.05) is 6.07 Å². The Morgan fingerprint density at radius 1 is 1.30 bits per heavy atom. The van der Waals surface area contributed by atoms with E-state index in [4.69, 9.17) is 0 Å². The molecule has 2 saturated heterocycles. The number of halogens is 1. The summed E-state index contributed by atoms with van der Waals surface area (Å²) in [5, 5.41) is 7.65. The summed E-state index contributed by atoms with van der Waals surface area (Å²) in [4.78, 5) is 25.4. The Labute approximate surface area is 155 Å². The van der Waals surface area contributed by atoms with Crippen molar-refractivity contribution in [1.29, 1.82) is 0 Å². The summed E-state index contributed by atoms with van der Waals surface area (Å²) < 4.78 is 14.1. The number of H-pyrrole nitrogens is 1. The monoisotopic (exact) mass is 366 g/mol. The van der Waals surface area contributed by atoms with Crippen LogP contribution in [0.15, 0.2) is 30.6 Å². The first kappa shape index (κ1) is 16.2. The fraction of sp³-hybridized carbons (Fsp3) is 0.368. The number of aromatic amines is 1. The minimum absolute atomic E-state index is 0.0349. The summed E-state index contributed by atoms with van der Waals surface area (Å²) in [6.07, 6.45) is 2.36. The smallest absolute Gasteiger partial charge is 0.274 e. The van der Waals surface area contributed by atoms with Crippen molar-refractivity contribution in [3.05, 3.63) is 47.8 Å². The van der Waals surface area contributed by atoms with Crippen molar-refractivity contribution in [2.75, 3.05) is 24.5 Å². The lowest BCUT2D eigenvalue weighted by molar-refractivity contribution is 0.0732. The van der Waals surface area contributed by atoms with Crippen LogP contribution < -0.4 is 4.90 Å². The van der Waals surface area contributed by atoms with E-state index in [1.807, 2.05) is 17.9 Å². The lowest BCUT2D eigenvalue weighted by Gasteiger charge is -2.25. The predicted octanol–water partition coefficient (Wildman–Crippen LogP) is 2.15. The highest BCUT2D eigenvalue weighted by Crippen LogP contribution is 2.36. The number of nitrogens with one attached hydrogen (secondary N) is 1. The van der Waals surface area contributed by atoms with Crippen LogP contribution in [-0.4, -0.2) is 56.6 Å². The van der Waals surface area contributed by atoms with Crippen molar-refractivity contribution in [2.24, 2.45) is 5.92 Å². The lowest BCUT2D eigenvalue weighted by atomic mass is 10.1. The van der Waals surface area contributed by atoms with E-state index >= 15 is 0 Å². The van der Waals surface area contributed by atoms with Gasteiger partial charge in [-0.3, -0.25) is 9.89 Å². The summed E-state index contributed by atoms with van der Waals surface area (Å²) >= 11 is 0. The van der Waals surface area contributed by atoms with Crippen molar-refractivity contribution in [1.82, 2.24) is 25.1 Å². The molecule has 2 aliphatic heterocycles. The number of hydrogen-bond acceptors (Lipinski definition) is 5. The highest BCUT2D eigenvalue weighted by atomic mass is 19.1. The summed E-state index contributed by atoms with van der Waals surface area (Å²) in [5.41, 5.74) is 1.66. The fourth-order valence-electron chi connectivity index (χ4n) is 4.35. The van der Waals surface area contributed by atoms with Gasteiger partial charge in [-0.05, 0) is 31.5 Å². The second kappa shape index (κ2) is 6.00. The average molecular weight is 366 g/mol. The first-order valence-corrected chi connectivity index (χ1v) is 9.09. The average Bonchev–Trinajstić information content (AvgIpc) is 3.36. The Balaban J connectivity index is 1.43. The topological polar surface area (TPSA) is 78.0 Å². The molecule has 2 aliphatic rings. The van der Waals surface area contributed by atoms with Crippen LogP contribution in [0.2, 0.25) is 0 Å². The van der Waals surface area contributed by atoms with Gasteiger partial charge >= 0.3 is 0 Å². The Kier molecular flexibility index (Phi) is 3.60. The van der Waals surface area contributed by atoms with E-state index in [0.717, 1.165) is 31.0 Å². The molecule has 3 aromatic rings. The molecule has 2 atom stereocenters. The van der Waals surface area contributed by atoms with Crippen LogP contribution in [0, 0.1) is 18.7 Å². The number of carbonyl (C=O) groups is 1. The van der Waals surface area contributed by atoms with Crippen LogP contribution in [0.3, 0.4) is 0 Å². The standard InChI is InChI=1S/C19H19FN6O/c1-11-7-15(24-23-11)19(27)26-6-5-12-8-25(9-16(12)26)18-13-3-2-4-14(20)17(13)21-10-22-18/h2-4,7,10,12,16H,5-6,8-9H2,1H3,(H,23,24)/t12-,16+/m1/s1. The second-order valence-corrected chi connectivity index (χ2v) is 7.29. The zero-order chi connectivity index (χ0) is 18.5. The third-order valence-corrected chi connectivity index (χ3v) is 5.63. The largest absolute Gasteiger partial charge is 0.354 e. The number of rotatable bonds is 2. The lowest BCUT2D eigenvalue weighted by Crippen LogP contribution is -2.40. The number of carbonyl (C=O) groups excluding carboxylic acids is 1. The second-order valence-electron chi connectivity index (χ2n) is 7.29. The van der Waals surface area contributed by atoms with Crippen LogP contribution in [0.1, 0.15) is 22.6 Å². The molecule has 7 nitrogen and oxygen atoms in total. The molecule has 0 aliphatic carbocycles. The number of likely N-dealkylation sites (tertiary alicyclic amines) is 1. The maximum atomic E-state index is 14.1. The predicted molar refractivity (Wildman–Crippen MR) is 98.0 cm³/mol. The van der Waals surface area contributed by atoms with E-state index < -0.39 is 0 Å². The maximum absolute atomic E-state index is 14.1. The molecule has 2 aromatic heterocycles. The van der Waals surface area contributed by atoms with Gasteiger partial charge in [0, 0.05) is 36.6 Å². The molecule has 138 valence electrons. The first-order valence-electron chi connectivity index (χ1n) is 9.09. The van der Waals surface area contributed by atoms with Crippen molar-refractivity contribution >= 4 is 22.6 Å². The number of fused-ring (bicyclic) bond motifs is 2. The van der Waals surface area contributed by atoms with Gasteiger partial charge in [0.1, 0.15) is 29.2 Å². The van der Waals surface area contributed by atoms with Crippen molar-refractivity contribution in [2.45, 2.75) is 19.4 Å². The van der Waals surface area contributed by atoms with Gasteiger partial charge in [0.2, 0.25) is 0 Å². The Morgan fingerprint density at radius 3 is 3.00 bits per heavy atom. The molecule has 1 amide bonds. The molecule has 1 aromatic carbocycles. The van der Waals surface area contributed by atoms with E-state index in [1.165, 1.54) is 12.4 Å².